The average Bonchev–Trinajstić information content (AvgIpc) is 3.08. The summed E-state index contributed by atoms with van der Waals surface area (Å²) in [5.74, 6) is 0.0478. The summed E-state index contributed by atoms with van der Waals surface area (Å²) >= 11 is 1.38. The van der Waals surface area contributed by atoms with Crippen molar-refractivity contribution in [3.8, 4) is 0 Å². The number of aryl methyl sites for hydroxylation is 2. The molecule has 2 aromatic heterocycles. The molecular weight excluding hydrogens is 300 g/mol. The quantitative estimate of drug-likeness (QED) is 0.858. The van der Waals surface area contributed by atoms with E-state index < -0.39 is 0 Å². The van der Waals surface area contributed by atoms with E-state index in [1.165, 1.54) is 11.3 Å². The van der Waals surface area contributed by atoms with Gasteiger partial charge in [0.2, 0.25) is 0 Å². The van der Waals surface area contributed by atoms with Gasteiger partial charge in [-0.3, -0.25) is 19.7 Å². The first-order valence-electron chi connectivity index (χ1n) is 7.29. The molecule has 0 N–H and O–H groups in total. The Kier molecular flexibility index (Phi) is 4.74. The van der Waals surface area contributed by atoms with Gasteiger partial charge in [0, 0.05) is 18.9 Å². The number of nitrogens with zero attached hydrogens (tertiary/aromatic N) is 4. The molecule has 0 aliphatic carbocycles. The Balaban J connectivity index is 1.68. The van der Waals surface area contributed by atoms with Gasteiger partial charge in [0.25, 0.3) is 5.91 Å². The highest BCUT2D eigenvalue weighted by molar-refractivity contribution is 7.11. The minimum atomic E-state index is 0.0478. The number of thiazole rings is 1. The average molecular weight is 318 g/mol. The summed E-state index contributed by atoms with van der Waals surface area (Å²) in [5.41, 5.74) is 3.61. The summed E-state index contributed by atoms with van der Waals surface area (Å²) in [7, 11) is 0. The normalized spacial score (nSPS) is 18.4. The molecule has 1 aliphatic rings. The van der Waals surface area contributed by atoms with E-state index in [0.29, 0.717) is 24.6 Å². The van der Waals surface area contributed by atoms with Crippen LogP contribution in [0, 0.1) is 6.92 Å². The van der Waals surface area contributed by atoms with Crippen LogP contribution in [0.4, 0.5) is 0 Å². The second-order valence-corrected chi connectivity index (χ2v) is 6.11. The number of amides is 1. The summed E-state index contributed by atoms with van der Waals surface area (Å²) in [5, 5.41) is 0. The fourth-order valence-corrected chi connectivity index (χ4v) is 3.18. The number of hydrogen-bond acceptors (Lipinski definition) is 6. The molecule has 7 heteroatoms. The number of aromatic nitrogens is 3. The molecule has 0 radical (unpaired) electrons. The maximum absolute atomic E-state index is 12.6. The van der Waals surface area contributed by atoms with Crippen molar-refractivity contribution in [1.29, 1.82) is 0 Å². The Labute approximate surface area is 133 Å². The second-order valence-electron chi connectivity index (χ2n) is 5.22. The van der Waals surface area contributed by atoms with Crippen molar-refractivity contribution in [2.24, 2.45) is 0 Å². The number of carbonyl (C=O) groups is 1. The number of ether oxygens (including phenoxy) is 1. The Bertz CT molecular complexity index is 632. The van der Waals surface area contributed by atoms with Crippen molar-refractivity contribution >= 4 is 17.2 Å². The molecule has 0 saturated carbocycles. The Morgan fingerprint density at radius 2 is 2.32 bits per heavy atom. The SMILES string of the molecule is Cc1nccnc1CCC1COCCN1C(=O)c1cncs1. The fourth-order valence-electron chi connectivity index (χ4n) is 2.61. The molecule has 0 aromatic carbocycles. The molecule has 1 aliphatic heterocycles. The van der Waals surface area contributed by atoms with Crippen molar-refractivity contribution < 1.29 is 9.53 Å². The van der Waals surface area contributed by atoms with E-state index in [1.807, 2.05) is 11.8 Å². The molecule has 6 nitrogen and oxygen atoms in total. The first-order valence-corrected chi connectivity index (χ1v) is 8.17. The zero-order valence-electron chi connectivity index (χ0n) is 12.4. The zero-order valence-corrected chi connectivity index (χ0v) is 13.3. The summed E-state index contributed by atoms with van der Waals surface area (Å²) in [6.07, 6.45) is 6.65. The van der Waals surface area contributed by atoms with Crippen LogP contribution in [-0.4, -0.2) is 51.6 Å². The highest BCUT2D eigenvalue weighted by Crippen LogP contribution is 2.18. The predicted octanol–water partition coefficient (Wildman–Crippen LogP) is 1.72. The highest BCUT2D eigenvalue weighted by Gasteiger charge is 2.28. The van der Waals surface area contributed by atoms with Gasteiger partial charge >= 0.3 is 0 Å². The standard InChI is InChI=1S/C15H18N4O2S/c1-11-13(18-5-4-17-11)3-2-12-9-21-7-6-19(12)15(20)14-8-16-10-22-14/h4-5,8,10,12H,2-3,6-7,9H2,1H3. The molecular formula is C15H18N4O2S. The van der Waals surface area contributed by atoms with Crippen LogP contribution >= 0.6 is 11.3 Å². The lowest BCUT2D eigenvalue weighted by Gasteiger charge is -2.35. The third kappa shape index (κ3) is 3.31. The van der Waals surface area contributed by atoms with Crippen LogP contribution in [-0.2, 0) is 11.2 Å². The van der Waals surface area contributed by atoms with E-state index in [1.54, 1.807) is 24.1 Å². The molecule has 1 unspecified atom stereocenters. The van der Waals surface area contributed by atoms with E-state index in [4.69, 9.17) is 4.74 Å². The van der Waals surface area contributed by atoms with Gasteiger partial charge in [-0.1, -0.05) is 0 Å². The summed E-state index contributed by atoms with van der Waals surface area (Å²) in [6.45, 7) is 3.75. The van der Waals surface area contributed by atoms with Gasteiger partial charge in [-0.2, -0.15) is 0 Å². The lowest BCUT2D eigenvalue weighted by molar-refractivity contribution is -0.00389. The van der Waals surface area contributed by atoms with E-state index in [-0.39, 0.29) is 11.9 Å². The minimum absolute atomic E-state index is 0.0478. The van der Waals surface area contributed by atoms with Crippen molar-refractivity contribution in [3.63, 3.8) is 0 Å². The van der Waals surface area contributed by atoms with Gasteiger partial charge < -0.3 is 9.64 Å². The Hall–Kier alpha value is -1.86. The molecule has 1 fully saturated rings. The number of rotatable bonds is 4. The number of carbonyl (C=O) groups excluding carboxylic acids is 1. The summed E-state index contributed by atoms with van der Waals surface area (Å²) < 4.78 is 5.56. The second kappa shape index (κ2) is 6.93. The van der Waals surface area contributed by atoms with Crippen LogP contribution in [0.15, 0.2) is 24.1 Å². The lowest BCUT2D eigenvalue weighted by Crippen LogP contribution is -2.48. The van der Waals surface area contributed by atoms with E-state index in [0.717, 1.165) is 24.2 Å². The minimum Gasteiger partial charge on any atom is -0.377 e. The van der Waals surface area contributed by atoms with Gasteiger partial charge in [0.1, 0.15) is 4.88 Å². The first kappa shape index (κ1) is 15.1. The first-order chi connectivity index (χ1) is 10.8. The van der Waals surface area contributed by atoms with Gasteiger partial charge in [-0.15, -0.1) is 11.3 Å². The Morgan fingerprint density at radius 3 is 3.09 bits per heavy atom. The molecule has 3 heterocycles. The molecule has 1 amide bonds. The van der Waals surface area contributed by atoms with Crippen LogP contribution in [0.5, 0.6) is 0 Å². The molecule has 3 rings (SSSR count). The van der Waals surface area contributed by atoms with Crippen LogP contribution in [0.1, 0.15) is 27.5 Å². The molecule has 1 atom stereocenters. The van der Waals surface area contributed by atoms with Gasteiger partial charge in [0.15, 0.2) is 0 Å². The molecule has 0 spiro atoms. The summed E-state index contributed by atoms with van der Waals surface area (Å²) in [6, 6.07) is 0.0738. The third-order valence-electron chi connectivity index (χ3n) is 3.83. The van der Waals surface area contributed by atoms with E-state index in [2.05, 4.69) is 15.0 Å². The predicted molar refractivity (Wildman–Crippen MR) is 82.8 cm³/mol. The summed E-state index contributed by atoms with van der Waals surface area (Å²) in [4.78, 5) is 27.8. The Morgan fingerprint density at radius 1 is 1.45 bits per heavy atom. The molecule has 2 aromatic rings. The molecule has 1 saturated heterocycles. The van der Waals surface area contributed by atoms with Gasteiger partial charge in [0.05, 0.1) is 42.4 Å². The van der Waals surface area contributed by atoms with Gasteiger partial charge in [-0.25, -0.2) is 0 Å². The number of hydrogen-bond donors (Lipinski definition) is 0. The van der Waals surface area contributed by atoms with Gasteiger partial charge in [-0.05, 0) is 19.8 Å². The topological polar surface area (TPSA) is 68.2 Å². The third-order valence-corrected chi connectivity index (χ3v) is 4.59. The maximum atomic E-state index is 12.6. The van der Waals surface area contributed by atoms with Crippen molar-refractivity contribution in [1.82, 2.24) is 19.9 Å². The van der Waals surface area contributed by atoms with E-state index in [9.17, 15) is 4.79 Å². The smallest absolute Gasteiger partial charge is 0.265 e. The molecule has 22 heavy (non-hydrogen) atoms. The molecule has 116 valence electrons. The molecule has 0 bridgehead atoms. The van der Waals surface area contributed by atoms with Crippen LogP contribution in [0.25, 0.3) is 0 Å². The van der Waals surface area contributed by atoms with Crippen molar-refractivity contribution in [2.45, 2.75) is 25.8 Å². The lowest BCUT2D eigenvalue weighted by atomic mass is 10.1. The fraction of sp³-hybridized carbons (Fsp3) is 0.467. The monoisotopic (exact) mass is 318 g/mol. The van der Waals surface area contributed by atoms with Crippen molar-refractivity contribution in [2.75, 3.05) is 19.8 Å². The van der Waals surface area contributed by atoms with Crippen molar-refractivity contribution in [3.05, 3.63) is 40.4 Å². The number of morpholine rings is 1. The van der Waals surface area contributed by atoms with Crippen LogP contribution < -0.4 is 0 Å². The zero-order chi connectivity index (χ0) is 15.4. The van der Waals surface area contributed by atoms with E-state index >= 15 is 0 Å². The maximum Gasteiger partial charge on any atom is 0.265 e. The highest BCUT2D eigenvalue weighted by atomic mass is 32.1. The van der Waals surface area contributed by atoms with Crippen LogP contribution in [0.2, 0.25) is 0 Å². The van der Waals surface area contributed by atoms with Crippen LogP contribution in [0.3, 0.4) is 0 Å². The largest absolute Gasteiger partial charge is 0.377 e.